The van der Waals surface area contributed by atoms with Gasteiger partial charge in [-0.1, -0.05) is 11.9 Å². The Morgan fingerprint density at radius 2 is 1.61 bits per heavy atom. The largest absolute Gasteiger partial charge is 0.416 e. The molecular formula is C18H19F6N5OS. The molecule has 31 heavy (non-hydrogen) atoms. The molecule has 1 aromatic heterocycles. The molecule has 1 aliphatic heterocycles. The number of carbonyl (C=O) groups excluding carboxylic acids is 1. The molecule has 1 saturated heterocycles. The summed E-state index contributed by atoms with van der Waals surface area (Å²) in [5.74, 6) is 0.518. The number of alkyl halides is 6. The van der Waals surface area contributed by atoms with E-state index in [1.165, 1.54) is 27.7 Å². The van der Waals surface area contributed by atoms with Crippen LogP contribution in [-0.2, 0) is 18.9 Å². The van der Waals surface area contributed by atoms with Crippen LogP contribution in [0.2, 0.25) is 0 Å². The van der Waals surface area contributed by atoms with Gasteiger partial charge in [0.05, 0.1) is 11.1 Å². The van der Waals surface area contributed by atoms with Crippen LogP contribution in [0.25, 0.3) is 0 Å². The molecule has 1 amide bonds. The number of nitrogens with one attached hydrogen (secondary N) is 1. The molecule has 0 aliphatic carbocycles. The molecule has 0 unspecified atom stereocenters. The highest BCUT2D eigenvalue weighted by atomic mass is 32.2. The van der Waals surface area contributed by atoms with E-state index in [2.05, 4.69) is 9.82 Å². The number of hydrogen-bond donors (Lipinski definition) is 1. The third-order valence-corrected chi connectivity index (χ3v) is 5.10. The topological polar surface area (TPSA) is 53.4 Å². The Bertz CT molecular complexity index is 889. The van der Waals surface area contributed by atoms with Gasteiger partial charge < -0.3 is 9.62 Å². The van der Waals surface area contributed by atoms with Crippen molar-refractivity contribution in [3.8, 4) is 0 Å². The van der Waals surface area contributed by atoms with Gasteiger partial charge in [-0.2, -0.15) is 31.0 Å². The molecule has 1 N–H and O–H groups in total. The molecule has 0 saturated carbocycles. The third kappa shape index (κ3) is 5.85. The molecule has 1 aromatic carbocycles. The summed E-state index contributed by atoms with van der Waals surface area (Å²) in [5.41, 5.74) is -2.75. The number of aromatic nitrogens is 2. The van der Waals surface area contributed by atoms with Crippen LogP contribution < -0.4 is 4.72 Å². The average Bonchev–Trinajstić information content (AvgIpc) is 3.15. The van der Waals surface area contributed by atoms with Gasteiger partial charge in [0.2, 0.25) is 0 Å². The lowest BCUT2D eigenvalue weighted by Gasteiger charge is -2.34. The van der Waals surface area contributed by atoms with Gasteiger partial charge in [0, 0.05) is 51.2 Å². The van der Waals surface area contributed by atoms with Gasteiger partial charge in [0.15, 0.2) is 5.82 Å². The Hall–Kier alpha value is -2.41. The lowest BCUT2D eigenvalue weighted by Crippen LogP contribution is -2.49. The lowest BCUT2D eigenvalue weighted by atomic mass is 10.0. The van der Waals surface area contributed by atoms with Gasteiger partial charge in [0.25, 0.3) is 0 Å². The number of anilines is 1. The molecule has 3 rings (SSSR count). The smallest absolute Gasteiger partial charge is 0.320 e. The molecule has 170 valence electrons. The van der Waals surface area contributed by atoms with Crippen LogP contribution in [0.1, 0.15) is 16.7 Å². The minimum absolute atomic E-state index is 0.0817. The number of piperazine rings is 1. The second-order valence-electron chi connectivity index (χ2n) is 6.91. The van der Waals surface area contributed by atoms with Crippen molar-refractivity contribution in [1.82, 2.24) is 19.6 Å². The van der Waals surface area contributed by atoms with Crippen molar-refractivity contribution in [2.75, 3.05) is 37.2 Å². The molecule has 0 spiro atoms. The zero-order valence-electron chi connectivity index (χ0n) is 16.3. The maximum atomic E-state index is 13.0. The van der Waals surface area contributed by atoms with Gasteiger partial charge in [-0.25, -0.2) is 4.79 Å². The van der Waals surface area contributed by atoms with Crippen molar-refractivity contribution in [2.24, 2.45) is 0 Å². The van der Waals surface area contributed by atoms with Gasteiger partial charge in [-0.3, -0.25) is 4.90 Å². The third-order valence-electron chi connectivity index (χ3n) is 4.69. The number of carbonyl (C=O) groups is 1. The predicted molar refractivity (Wildman–Crippen MR) is 103 cm³/mol. The van der Waals surface area contributed by atoms with Crippen LogP contribution in [0.15, 0.2) is 30.5 Å². The number of nitrogens with zero attached hydrogens (tertiary/aromatic N) is 4. The van der Waals surface area contributed by atoms with Gasteiger partial charge in [-0.05, 0) is 23.8 Å². The lowest BCUT2D eigenvalue weighted by molar-refractivity contribution is -0.143. The molecular weight excluding hydrogens is 448 g/mol. The van der Waals surface area contributed by atoms with Crippen molar-refractivity contribution < 1.29 is 31.1 Å². The fourth-order valence-electron chi connectivity index (χ4n) is 3.20. The van der Waals surface area contributed by atoms with Gasteiger partial charge in [0.1, 0.15) is 0 Å². The highest BCUT2D eigenvalue weighted by Crippen LogP contribution is 2.36. The first-order valence-corrected chi connectivity index (χ1v) is 10.3. The number of hydrogen-bond acceptors (Lipinski definition) is 5. The summed E-state index contributed by atoms with van der Waals surface area (Å²) < 4.78 is 82.2. The van der Waals surface area contributed by atoms with Gasteiger partial charge >= 0.3 is 18.4 Å². The quantitative estimate of drug-likeness (QED) is 0.534. The molecule has 0 bridgehead atoms. The summed E-state index contributed by atoms with van der Waals surface area (Å²) in [6.07, 6.45) is -6.44. The van der Waals surface area contributed by atoms with Crippen LogP contribution in [0.5, 0.6) is 0 Å². The Kier molecular flexibility index (Phi) is 6.74. The number of amides is 1. The van der Waals surface area contributed by atoms with Crippen molar-refractivity contribution in [1.29, 1.82) is 0 Å². The van der Waals surface area contributed by atoms with E-state index in [9.17, 15) is 31.1 Å². The molecule has 2 heterocycles. The van der Waals surface area contributed by atoms with Crippen LogP contribution in [0, 0.1) is 0 Å². The first-order valence-electron chi connectivity index (χ1n) is 9.12. The minimum Gasteiger partial charge on any atom is -0.320 e. The van der Waals surface area contributed by atoms with Crippen LogP contribution in [0.4, 0.5) is 37.0 Å². The second-order valence-corrected chi connectivity index (χ2v) is 7.52. The van der Waals surface area contributed by atoms with E-state index in [0.717, 1.165) is 12.1 Å². The Morgan fingerprint density at radius 1 is 1.03 bits per heavy atom. The maximum Gasteiger partial charge on any atom is 0.416 e. The van der Waals surface area contributed by atoms with Crippen molar-refractivity contribution in [3.63, 3.8) is 0 Å². The van der Waals surface area contributed by atoms with Crippen molar-refractivity contribution in [3.05, 3.63) is 47.2 Å². The number of benzene rings is 1. The zero-order valence-corrected chi connectivity index (χ0v) is 17.1. The summed E-state index contributed by atoms with van der Waals surface area (Å²) in [7, 11) is 0. The number of halogens is 6. The predicted octanol–water partition coefficient (Wildman–Crippen LogP) is 4.40. The zero-order chi connectivity index (χ0) is 22.8. The summed E-state index contributed by atoms with van der Waals surface area (Å²) in [6, 6.07) is 2.86. The highest BCUT2D eigenvalue weighted by molar-refractivity contribution is 7.99. The summed E-state index contributed by atoms with van der Waals surface area (Å²) in [4.78, 5) is 15.8. The molecule has 2 aromatic rings. The second kappa shape index (κ2) is 8.99. The molecule has 13 heteroatoms. The first-order chi connectivity index (χ1) is 14.5. The minimum atomic E-state index is -4.88. The van der Waals surface area contributed by atoms with E-state index >= 15 is 0 Å². The standard InChI is InChI=1S/C18H19F6N5OS/c1-31-26-15-2-3-29(25-15)16(30)28-6-4-27(5-7-28)11-12-8-13(17(19,20)21)10-14(9-12)18(22,23)24/h2-3,8-10H,4-7,11H2,1H3,(H,25,26). The fraction of sp³-hybridized carbons (Fsp3) is 0.444. The summed E-state index contributed by atoms with van der Waals surface area (Å²) in [6.45, 7) is 1.07. The summed E-state index contributed by atoms with van der Waals surface area (Å²) >= 11 is 1.32. The van der Waals surface area contributed by atoms with E-state index in [1.54, 1.807) is 11.0 Å². The fourth-order valence-corrected chi connectivity index (χ4v) is 3.52. The number of rotatable bonds is 4. The molecule has 1 fully saturated rings. The van der Waals surface area contributed by atoms with E-state index in [4.69, 9.17) is 0 Å². The van der Waals surface area contributed by atoms with E-state index in [1.807, 2.05) is 6.26 Å². The monoisotopic (exact) mass is 467 g/mol. The normalized spacial score (nSPS) is 15.9. The summed E-state index contributed by atoms with van der Waals surface area (Å²) in [5, 5.41) is 4.09. The van der Waals surface area contributed by atoms with Crippen molar-refractivity contribution in [2.45, 2.75) is 18.9 Å². The molecule has 1 aliphatic rings. The van der Waals surface area contributed by atoms with Crippen LogP contribution >= 0.6 is 11.9 Å². The highest BCUT2D eigenvalue weighted by Gasteiger charge is 2.37. The Balaban J connectivity index is 1.65. The molecule has 0 atom stereocenters. The SMILES string of the molecule is CSNc1ccn(C(=O)N2CCN(Cc3cc(C(F)(F)F)cc(C(F)(F)F)c3)CC2)n1. The van der Waals surface area contributed by atoms with E-state index < -0.39 is 23.5 Å². The van der Waals surface area contributed by atoms with E-state index in [0.29, 0.717) is 18.9 Å². The van der Waals surface area contributed by atoms with Crippen LogP contribution in [0.3, 0.4) is 0 Å². The van der Waals surface area contributed by atoms with Gasteiger partial charge in [-0.15, -0.1) is 5.10 Å². The van der Waals surface area contributed by atoms with E-state index in [-0.39, 0.29) is 37.3 Å². The molecule has 6 nitrogen and oxygen atoms in total. The van der Waals surface area contributed by atoms with Crippen LogP contribution in [-0.4, -0.2) is 58.0 Å². The Labute approximate surface area is 178 Å². The van der Waals surface area contributed by atoms with Crippen molar-refractivity contribution >= 4 is 23.8 Å². The average molecular weight is 467 g/mol. The maximum absolute atomic E-state index is 13.0. The Morgan fingerprint density at radius 3 is 2.13 bits per heavy atom. The first kappa shape index (κ1) is 23.3. The molecule has 0 radical (unpaired) electrons.